The number of benzene rings is 1. The molecule has 0 spiro atoms. The molecule has 3 N–H and O–H groups in total. The summed E-state index contributed by atoms with van der Waals surface area (Å²) in [6.07, 6.45) is 4.99. The molecule has 0 radical (unpaired) electrons. The van der Waals surface area contributed by atoms with E-state index in [1.165, 1.54) is 4.90 Å². The highest BCUT2D eigenvalue weighted by Crippen LogP contribution is 2.48. The summed E-state index contributed by atoms with van der Waals surface area (Å²) in [5.41, 5.74) is -0.347. The molecule has 306 valence electrons. The number of ether oxygens (including phenoxy) is 3. The zero-order valence-corrected chi connectivity index (χ0v) is 34.3. The summed E-state index contributed by atoms with van der Waals surface area (Å²) in [6.45, 7) is 10.7. The fourth-order valence-electron chi connectivity index (χ4n) is 8.33. The molecule has 7 rings (SSSR count). The van der Waals surface area contributed by atoms with E-state index in [9.17, 15) is 27.6 Å². The molecule has 15 nitrogen and oxygen atoms in total. The molecule has 5 aliphatic rings. The first kappa shape index (κ1) is 40.0. The van der Waals surface area contributed by atoms with Crippen molar-refractivity contribution in [1.82, 2.24) is 30.2 Å². The van der Waals surface area contributed by atoms with Crippen molar-refractivity contribution in [3.8, 4) is 11.6 Å². The lowest BCUT2D eigenvalue weighted by Crippen LogP contribution is -2.61. The molecule has 56 heavy (non-hydrogen) atoms. The van der Waals surface area contributed by atoms with Gasteiger partial charge in [-0.15, -0.1) is 0 Å². The summed E-state index contributed by atoms with van der Waals surface area (Å²) in [6, 6.07) is 3.22. The molecule has 2 bridgehead atoms. The summed E-state index contributed by atoms with van der Waals surface area (Å²) in [5.74, 6) is -1.68. The van der Waals surface area contributed by atoms with Crippen LogP contribution < -0.4 is 24.8 Å². The lowest BCUT2D eigenvalue weighted by atomic mass is 9.85. The number of carbonyl (C=O) groups is 4. The van der Waals surface area contributed by atoms with Gasteiger partial charge in [-0.2, -0.15) is 0 Å². The number of amides is 4. The van der Waals surface area contributed by atoms with E-state index in [2.05, 4.69) is 15.4 Å². The number of hydrogen-bond acceptors (Lipinski definition) is 11. The van der Waals surface area contributed by atoms with E-state index in [0.29, 0.717) is 54.0 Å². The number of aryl methyl sites for hydroxylation is 1. The Balaban J connectivity index is 1.24. The second-order valence-electron chi connectivity index (χ2n) is 17.9. The Morgan fingerprint density at radius 1 is 1.07 bits per heavy atom. The monoisotopic (exact) mass is 796 g/mol. The van der Waals surface area contributed by atoms with Gasteiger partial charge in [0.1, 0.15) is 41.3 Å². The molecule has 8 atom stereocenters. The summed E-state index contributed by atoms with van der Waals surface area (Å²) >= 11 is 0. The third kappa shape index (κ3) is 7.73. The number of sulfonamides is 1. The molecular formula is C40H56N6O9S. The van der Waals surface area contributed by atoms with E-state index in [0.717, 1.165) is 32.1 Å². The lowest BCUT2D eigenvalue weighted by Gasteiger charge is -2.36. The molecule has 1 unspecified atom stereocenters. The van der Waals surface area contributed by atoms with Gasteiger partial charge in [0.05, 0.1) is 29.4 Å². The van der Waals surface area contributed by atoms with Crippen molar-refractivity contribution < 1.29 is 41.8 Å². The maximum atomic E-state index is 14.8. The van der Waals surface area contributed by atoms with Crippen LogP contribution in [0, 0.1) is 23.2 Å². The zero-order chi connectivity index (χ0) is 40.4. The van der Waals surface area contributed by atoms with Crippen LogP contribution in [0.2, 0.25) is 0 Å². The van der Waals surface area contributed by atoms with Crippen molar-refractivity contribution in [2.24, 2.45) is 23.2 Å². The fourth-order valence-corrected chi connectivity index (χ4v) is 9.64. The Kier molecular flexibility index (Phi) is 10.4. The second kappa shape index (κ2) is 14.6. The second-order valence-corrected chi connectivity index (χ2v) is 20.1. The van der Waals surface area contributed by atoms with Gasteiger partial charge in [-0.05, 0) is 81.3 Å². The maximum Gasteiger partial charge on any atom is 0.408 e. The van der Waals surface area contributed by atoms with Crippen LogP contribution >= 0.6 is 0 Å². The summed E-state index contributed by atoms with van der Waals surface area (Å²) in [5, 5.41) is 5.75. The van der Waals surface area contributed by atoms with Crippen molar-refractivity contribution in [1.29, 1.82) is 0 Å². The van der Waals surface area contributed by atoms with Crippen molar-refractivity contribution in [2.75, 3.05) is 13.7 Å². The van der Waals surface area contributed by atoms with E-state index in [4.69, 9.17) is 24.2 Å². The minimum Gasteiger partial charge on any atom is -0.497 e. The Bertz CT molecular complexity index is 2020. The van der Waals surface area contributed by atoms with Gasteiger partial charge in [0, 0.05) is 12.0 Å². The van der Waals surface area contributed by atoms with E-state index in [1.807, 2.05) is 39.8 Å². The molecule has 4 amide bonds. The van der Waals surface area contributed by atoms with E-state index in [1.54, 1.807) is 27.0 Å². The highest BCUT2D eigenvalue weighted by Gasteiger charge is 2.63. The van der Waals surface area contributed by atoms with Gasteiger partial charge in [0.25, 0.3) is 5.91 Å². The average Bonchev–Trinajstić information content (AvgIpc) is 4.09. The number of nitrogens with zero attached hydrogens (tertiary/aromatic N) is 3. The molecule has 1 aromatic carbocycles. The van der Waals surface area contributed by atoms with Crippen LogP contribution in [0.25, 0.3) is 11.0 Å². The number of aromatic nitrogens is 2. The van der Waals surface area contributed by atoms with Crippen LogP contribution in [0.4, 0.5) is 4.79 Å². The molecule has 2 aromatic rings. The third-order valence-corrected chi connectivity index (χ3v) is 14.8. The standard InChI is InChI=1S/C40H56N6O9S/c1-8-24-20-40(24,36(49)45-56(51,52)39(6)16-17-39)44-33(47)31-22(2)30-21-46(31)35(48)32(38(3,4)5)43-37(50)55-29-18-23(29)12-10-9-11-13-27-34(54-30)42-28-19-25(53-7)14-15-26(28)41-27/h14-15,19,22-24,29-32H,8-13,16-18,20-21H2,1-7H3,(H,43,50)(H,44,47)(H,45,49)/t22-,23?,24-,29-,30+,31+,32-,40-/m1/s1. The Morgan fingerprint density at radius 2 is 1.82 bits per heavy atom. The van der Waals surface area contributed by atoms with Crippen LogP contribution in [-0.4, -0.2) is 95.3 Å². The minimum absolute atomic E-state index is 0.0352. The third-order valence-electron chi connectivity index (χ3n) is 12.7. The van der Waals surface area contributed by atoms with E-state index in [-0.39, 0.29) is 30.9 Å². The summed E-state index contributed by atoms with van der Waals surface area (Å²) in [4.78, 5) is 67.8. The van der Waals surface area contributed by atoms with Crippen LogP contribution in [0.1, 0.15) is 105 Å². The normalized spacial score (nSPS) is 31.6. The first-order valence-electron chi connectivity index (χ1n) is 20.1. The number of methoxy groups -OCH3 is 1. The first-order chi connectivity index (χ1) is 26.4. The average molecular weight is 797 g/mol. The van der Waals surface area contributed by atoms with E-state index < -0.39 is 73.6 Å². The smallest absolute Gasteiger partial charge is 0.408 e. The first-order valence-corrected chi connectivity index (χ1v) is 21.6. The fraction of sp³-hybridized carbons (Fsp3) is 0.700. The van der Waals surface area contributed by atoms with Crippen LogP contribution in [-0.2, 0) is 35.6 Å². The molecule has 2 aliphatic heterocycles. The molecular weight excluding hydrogens is 741 g/mol. The van der Waals surface area contributed by atoms with Gasteiger partial charge < -0.3 is 29.7 Å². The lowest BCUT2D eigenvalue weighted by molar-refractivity contribution is -0.143. The molecule has 3 heterocycles. The van der Waals surface area contributed by atoms with Gasteiger partial charge in [-0.3, -0.25) is 19.1 Å². The Morgan fingerprint density at radius 3 is 2.48 bits per heavy atom. The SMILES string of the molecule is CC[C@@H]1C[C@]1(NC(=O)[C@@H]1[C@H](C)[C@@H]2CN1C(=O)[C@H](C(C)(C)C)NC(=O)O[C@@H]1CC1CCCCCc1nc3ccc(OC)cc3nc1O2)C(=O)NS(=O)(=O)C1(C)CC1. The van der Waals surface area contributed by atoms with Crippen LogP contribution in [0.3, 0.4) is 0 Å². The van der Waals surface area contributed by atoms with Gasteiger partial charge in [0.15, 0.2) is 0 Å². The Labute approximate surface area is 328 Å². The van der Waals surface area contributed by atoms with Gasteiger partial charge in [-0.25, -0.2) is 23.2 Å². The molecule has 4 fully saturated rings. The highest BCUT2D eigenvalue weighted by atomic mass is 32.2. The molecule has 16 heteroatoms. The van der Waals surface area contributed by atoms with Crippen molar-refractivity contribution in [3.63, 3.8) is 0 Å². The van der Waals surface area contributed by atoms with E-state index >= 15 is 0 Å². The molecule has 1 aromatic heterocycles. The van der Waals surface area contributed by atoms with Crippen molar-refractivity contribution in [2.45, 2.75) is 140 Å². The number of rotatable bonds is 7. The topological polar surface area (TPSA) is 195 Å². The predicted octanol–water partition coefficient (Wildman–Crippen LogP) is 4.16. The largest absolute Gasteiger partial charge is 0.497 e. The summed E-state index contributed by atoms with van der Waals surface area (Å²) < 4.78 is 45.4. The van der Waals surface area contributed by atoms with Crippen LogP contribution in [0.15, 0.2) is 18.2 Å². The number of fused-ring (bicyclic) bond motifs is 5. The quantitative estimate of drug-likeness (QED) is 0.364. The van der Waals surface area contributed by atoms with Gasteiger partial charge in [0.2, 0.25) is 27.7 Å². The number of alkyl carbamates (subject to hydrolysis) is 1. The predicted molar refractivity (Wildman–Crippen MR) is 206 cm³/mol. The number of hydrogen-bond donors (Lipinski definition) is 3. The Hall–Kier alpha value is -4.21. The van der Waals surface area contributed by atoms with Gasteiger partial charge in [-0.1, -0.05) is 53.9 Å². The van der Waals surface area contributed by atoms with Gasteiger partial charge >= 0.3 is 6.09 Å². The zero-order valence-electron chi connectivity index (χ0n) is 33.5. The minimum atomic E-state index is -3.98. The van der Waals surface area contributed by atoms with Crippen LogP contribution in [0.5, 0.6) is 11.6 Å². The maximum absolute atomic E-state index is 14.8. The summed E-state index contributed by atoms with van der Waals surface area (Å²) in [7, 11) is -2.40. The highest BCUT2D eigenvalue weighted by molar-refractivity contribution is 7.91. The molecule has 3 aliphatic carbocycles. The van der Waals surface area contributed by atoms with Crippen molar-refractivity contribution >= 4 is 44.9 Å². The molecule has 1 saturated heterocycles. The number of nitrogens with one attached hydrogen (secondary N) is 3. The number of carbonyl (C=O) groups excluding carboxylic acids is 4. The van der Waals surface area contributed by atoms with Crippen molar-refractivity contribution in [3.05, 3.63) is 23.9 Å². The molecule has 3 saturated carbocycles.